The van der Waals surface area contributed by atoms with Crippen LogP contribution in [0.2, 0.25) is 0 Å². The van der Waals surface area contributed by atoms with Gasteiger partial charge in [0, 0.05) is 19.0 Å². The van der Waals surface area contributed by atoms with Crippen LogP contribution in [0.1, 0.15) is 37.7 Å². The second-order valence-electron chi connectivity index (χ2n) is 7.74. The van der Waals surface area contributed by atoms with Gasteiger partial charge in [-0.2, -0.15) is 0 Å². The molecule has 0 radical (unpaired) electrons. The van der Waals surface area contributed by atoms with Crippen molar-refractivity contribution in [3.63, 3.8) is 0 Å². The molecule has 1 saturated carbocycles. The second-order valence-corrected chi connectivity index (χ2v) is 8.74. The Hall–Kier alpha value is -2.44. The van der Waals surface area contributed by atoms with Crippen molar-refractivity contribution in [1.29, 1.82) is 0 Å². The summed E-state index contributed by atoms with van der Waals surface area (Å²) >= 11 is 1.56. The number of carbonyl (C=O) groups is 1. The van der Waals surface area contributed by atoms with Gasteiger partial charge in [-0.1, -0.05) is 35.6 Å². The maximum absolute atomic E-state index is 11.3. The predicted octanol–water partition coefficient (Wildman–Crippen LogP) is 5.44. The second kappa shape index (κ2) is 10.0. The Morgan fingerprint density at radius 2 is 1.90 bits per heavy atom. The lowest BCUT2D eigenvalue weighted by Crippen LogP contribution is -2.29. The molecule has 0 aliphatic heterocycles. The lowest BCUT2D eigenvalue weighted by Gasteiger charge is -2.22. The lowest BCUT2D eigenvalue weighted by molar-refractivity contribution is -0.140. The number of methoxy groups -OCH3 is 1. The molecule has 1 aromatic heterocycles. The zero-order valence-electron chi connectivity index (χ0n) is 17.4. The number of para-hydroxylation sites is 1. The molecule has 1 aliphatic carbocycles. The van der Waals surface area contributed by atoms with Gasteiger partial charge in [0.05, 0.1) is 17.3 Å². The molecule has 0 bridgehead atoms. The first-order chi connectivity index (χ1) is 14.7. The molecule has 30 heavy (non-hydrogen) atoms. The van der Waals surface area contributed by atoms with E-state index in [9.17, 15) is 4.79 Å². The molecular formula is C24H28N2O3S. The topological polar surface area (TPSA) is 51.7 Å². The summed E-state index contributed by atoms with van der Waals surface area (Å²) in [4.78, 5) is 18.4. The molecule has 0 N–H and O–H groups in total. The van der Waals surface area contributed by atoms with E-state index in [0.717, 1.165) is 54.4 Å². The minimum Gasteiger partial charge on any atom is -0.469 e. The number of nitrogens with zero attached hydrogens (tertiary/aromatic N) is 2. The number of carbonyl (C=O) groups excluding carboxylic acids is 1. The Bertz CT molecular complexity index is 933. The highest BCUT2D eigenvalue weighted by Crippen LogP contribution is 2.31. The minimum absolute atomic E-state index is 0.110. The summed E-state index contributed by atoms with van der Waals surface area (Å²) < 4.78 is 11.8. The van der Waals surface area contributed by atoms with Crippen molar-refractivity contribution >= 4 is 27.5 Å². The number of thiazole rings is 1. The van der Waals surface area contributed by atoms with Gasteiger partial charge < -0.3 is 14.4 Å². The largest absolute Gasteiger partial charge is 0.469 e. The summed E-state index contributed by atoms with van der Waals surface area (Å²) in [5.41, 5.74) is 2.28. The fourth-order valence-electron chi connectivity index (χ4n) is 3.60. The van der Waals surface area contributed by atoms with E-state index in [1.165, 1.54) is 25.5 Å². The highest BCUT2D eigenvalue weighted by molar-refractivity contribution is 7.20. The van der Waals surface area contributed by atoms with Crippen molar-refractivity contribution in [2.75, 3.05) is 20.2 Å². The molecule has 0 amide bonds. The number of fused-ring (bicyclic) bond motifs is 1. The molecule has 1 heterocycles. The predicted molar refractivity (Wildman–Crippen MR) is 120 cm³/mol. The first-order valence-electron chi connectivity index (χ1n) is 10.6. The van der Waals surface area contributed by atoms with Gasteiger partial charge in [0.1, 0.15) is 5.75 Å². The summed E-state index contributed by atoms with van der Waals surface area (Å²) in [6.45, 7) is 2.11. The normalized spacial score (nSPS) is 13.7. The standard InChI is InChI=1S/C24H28N2O3S/c1-28-23(27)8-4-5-16-26(19-11-12-19)17-15-18-9-13-20(14-10-18)29-24-25-21-6-2-3-7-22(21)30-24/h2-3,6-7,9-10,13-14,19H,4-5,8,11-12,15-17H2,1H3. The van der Waals surface area contributed by atoms with Gasteiger partial charge in [0.15, 0.2) is 0 Å². The molecule has 158 valence electrons. The molecule has 0 saturated heterocycles. The van der Waals surface area contributed by atoms with Crippen LogP contribution >= 0.6 is 11.3 Å². The number of aromatic nitrogens is 1. The van der Waals surface area contributed by atoms with Crippen LogP contribution in [0.5, 0.6) is 10.9 Å². The van der Waals surface area contributed by atoms with E-state index in [2.05, 4.69) is 28.1 Å². The van der Waals surface area contributed by atoms with Crippen LogP contribution in [0.15, 0.2) is 48.5 Å². The zero-order chi connectivity index (χ0) is 20.8. The molecule has 0 atom stereocenters. The Kier molecular flexibility index (Phi) is 6.97. The number of hydrogen-bond donors (Lipinski definition) is 0. The molecule has 3 aromatic rings. The van der Waals surface area contributed by atoms with Gasteiger partial charge in [-0.25, -0.2) is 4.98 Å². The van der Waals surface area contributed by atoms with Crippen molar-refractivity contribution in [3.8, 4) is 10.9 Å². The Labute approximate surface area is 181 Å². The fourth-order valence-corrected chi connectivity index (χ4v) is 4.43. The fraction of sp³-hybridized carbons (Fsp3) is 0.417. The summed E-state index contributed by atoms with van der Waals surface area (Å²) in [5.74, 6) is 0.709. The molecule has 6 heteroatoms. The van der Waals surface area contributed by atoms with E-state index in [4.69, 9.17) is 9.47 Å². The quantitative estimate of drug-likeness (QED) is 0.303. The van der Waals surface area contributed by atoms with Gasteiger partial charge in [-0.05, 0) is 68.5 Å². The molecular weight excluding hydrogens is 396 g/mol. The maximum atomic E-state index is 11.3. The number of benzene rings is 2. The number of unbranched alkanes of at least 4 members (excludes halogenated alkanes) is 1. The highest BCUT2D eigenvalue weighted by Gasteiger charge is 2.28. The summed E-state index contributed by atoms with van der Waals surface area (Å²) in [7, 11) is 1.45. The van der Waals surface area contributed by atoms with Crippen molar-refractivity contribution in [3.05, 3.63) is 54.1 Å². The van der Waals surface area contributed by atoms with Crippen LogP contribution < -0.4 is 4.74 Å². The van der Waals surface area contributed by atoms with Crippen molar-refractivity contribution in [2.24, 2.45) is 0 Å². The highest BCUT2D eigenvalue weighted by atomic mass is 32.1. The van der Waals surface area contributed by atoms with E-state index in [1.807, 2.05) is 30.3 Å². The van der Waals surface area contributed by atoms with E-state index < -0.39 is 0 Å². The van der Waals surface area contributed by atoms with Crippen LogP contribution in [0.4, 0.5) is 0 Å². The van der Waals surface area contributed by atoms with E-state index in [1.54, 1.807) is 11.3 Å². The van der Waals surface area contributed by atoms with Crippen LogP contribution in [0.3, 0.4) is 0 Å². The molecule has 4 rings (SSSR count). The molecule has 0 spiro atoms. The Morgan fingerprint density at radius 1 is 1.10 bits per heavy atom. The molecule has 2 aromatic carbocycles. The smallest absolute Gasteiger partial charge is 0.305 e. The molecule has 5 nitrogen and oxygen atoms in total. The minimum atomic E-state index is -0.110. The van der Waals surface area contributed by atoms with E-state index in [-0.39, 0.29) is 5.97 Å². The summed E-state index contributed by atoms with van der Waals surface area (Å²) in [6.07, 6.45) is 6.08. The Balaban J connectivity index is 1.25. The average molecular weight is 425 g/mol. The van der Waals surface area contributed by atoms with Gasteiger partial charge in [0.2, 0.25) is 0 Å². The first-order valence-corrected chi connectivity index (χ1v) is 11.5. The van der Waals surface area contributed by atoms with Gasteiger partial charge in [0.25, 0.3) is 5.19 Å². The molecule has 0 unspecified atom stereocenters. The van der Waals surface area contributed by atoms with Gasteiger partial charge >= 0.3 is 5.97 Å². The number of esters is 1. The maximum Gasteiger partial charge on any atom is 0.305 e. The molecule has 1 aliphatic rings. The summed E-state index contributed by atoms with van der Waals surface area (Å²) in [5, 5.41) is 0.677. The zero-order valence-corrected chi connectivity index (χ0v) is 18.2. The third-order valence-corrected chi connectivity index (χ3v) is 6.37. The lowest BCUT2D eigenvalue weighted by atomic mass is 10.1. The van der Waals surface area contributed by atoms with Crippen molar-refractivity contribution < 1.29 is 14.3 Å². The third-order valence-electron chi connectivity index (χ3n) is 5.46. The Morgan fingerprint density at radius 3 is 2.63 bits per heavy atom. The van der Waals surface area contributed by atoms with Crippen LogP contribution in [-0.2, 0) is 16.0 Å². The van der Waals surface area contributed by atoms with E-state index in [0.29, 0.717) is 11.6 Å². The van der Waals surface area contributed by atoms with Gasteiger partial charge in [-0.15, -0.1) is 0 Å². The molecule has 1 fully saturated rings. The van der Waals surface area contributed by atoms with Crippen molar-refractivity contribution in [2.45, 2.75) is 44.6 Å². The van der Waals surface area contributed by atoms with Crippen LogP contribution in [0, 0.1) is 0 Å². The van der Waals surface area contributed by atoms with Crippen molar-refractivity contribution in [1.82, 2.24) is 9.88 Å². The summed E-state index contributed by atoms with van der Waals surface area (Å²) in [6, 6.07) is 17.1. The van der Waals surface area contributed by atoms with Crippen LogP contribution in [0.25, 0.3) is 10.2 Å². The van der Waals surface area contributed by atoms with Gasteiger partial charge in [-0.3, -0.25) is 4.79 Å². The third kappa shape index (κ3) is 5.80. The van der Waals surface area contributed by atoms with Crippen LogP contribution in [-0.4, -0.2) is 42.1 Å². The first kappa shape index (κ1) is 20.8. The number of hydrogen-bond acceptors (Lipinski definition) is 6. The SMILES string of the molecule is COC(=O)CCCCN(CCc1ccc(Oc2nc3ccccc3s2)cc1)C1CC1. The number of rotatable bonds is 11. The monoisotopic (exact) mass is 424 g/mol. The number of ether oxygens (including phenoxy) is 2. The average Bonchev–Trinajstić information content (AvgIpc) is 3.53. The van der Waals surface area contributed by atoms with E-state index >= 15 is 0 Å².